The number of carboxylic acid groups (broad SMARTS) is 1. The molecule has 0 atom stereocenters. The molecule has 0 unspecified atom stereocenters. The van der Waals surface area contributed by atoms with E-state index in [0.717, 1.165) is 12.8 Å². The minimum absolute atomic E-state index is 0.234. The van der Waals surface area contributed by atoms with Crippen molar-refractivity contribution in [3.05, 3.63) is 0 Å². The molecule has 0 bridgehead atoms. The Labute approximate surface area is 54.1 Å². The monoisotopic (exact) mass is 129 g/mol. The third-order valence-corrected chi connectivity index (χ3v) is 1.70. The molecule has 1 aliphatic carbocycles. The Hall–Kier alpha value is -0.730. The van der Waals surface area contributed by atoms with Gasteiger partial charge in [0.15, 0.2) is 0 Å². The molecule has 1 aliphatic rings. The fourth-order valence-electron chi connectivity index (χ4n) is 1.19. The van der Waals surface area contributed by atoms with Gasteiger partial charge in [-0.15, -0.1) is 0 Å². The summed E-state index contributed by atoms with van der Waals surface area (Å²) in [6.45, 7) is 2.13. The van der Waals surface area contributed by atoms with Crippen molar-refractivity contribution in [1.82, 2.24) is 5.32 Å². The Balaban J connectivity index is 2.11. The second kappa shape index (κ2) is 2.25. The summed E-state index contributed by atoms with van der Waals surface area (Å²) in [6.07, 6.45) is 1.12. The third kappa shape index (κ3) is 1.59. The smallest absolute Gasteiger partial charge is 0.404 e. The number of nitrogens with one attached hydrogen (secondary N) is 1. The van der Waals surface area contributed by atoms with Crippen LogP contribution in [0.2, 0.25) is 0 Å². The summed E-state index contributed by atoms with van der Waals surface area (Å²) in [5.41, 5.74) is 0. The summed E-state index contributed by atoms with van der Waals surface area (Å²) in [5, 5.41) is 10.7. The highest BCUT2D eigenvalue weighted by Gasteiger charge is 2.26. The predicted molar refractivity (Wildman–Crippen MR) is 33.3 cm³/mol. The van der Waals surface area contributed by atoms with E-state index in [1.54, 1.807) is 0 Å². The van der Waals surface area contributed by atoms with Crippen molar-refractivity contribution in [3.63, 3.8) is 0 Å². The van der Waals surface area contributed by atoms with Gasteiger partial charge in [-0.3, -0.25) is 0 Å². The SMILES string of the molecule is CC1CC(NC(=O)O)C1. The van der Waals surface area contributed by atoms with Gasteiger partial charge < -0.3 is 10.4 Å². The van der Waals surface area contributed by atoms with Gasteiger partial charge in [0.2, 0.25) is 0 Å². The van der Waals surface area contributed by atoms with Gasteiger partial charge in [0.1, 0.15) is 0 Å². The Morgan fingerprint density at radius 2 is 2.22 bits per heavy atom. The molecule has 1 amide bonds. The summed E-state index contributed by atoms with van der Waals surface area (Å²) in [7, 11) is 0. The topological polar surface area (TPSA) is 49.3 Å². The van der Waals surface area contributed by atoms with E-state index in [2.05, 4.69) is 12.2 Å². The molecule has 0 aromatic carbocycles. The van der Waals surface area contributed by atoms with Gasteiger partial charge in [0, 0.05) is 6.04 Å². The van der Waals surface area contributed by atoms with Crippen LogP contribution in [0, 0.1) is 5.92 Å². The average Bonchev–Trinajstić information content (AvgIpc) is 1.60. The van der Waals surface area contributed by atoms with Crippen molar-refractivity contribution in [2.75, 3.05) is 0 Å². The van der Waals surface area contributed by atoms with Crippen LogP contribution < -0.4 is 5.32 Å². The van der Waals surface area contributed by atoms with Crippen molar-refractivity contribution >= 4 is 6.09 Å². The van der Waals surface area contributed by atoms with Gasteiger partial charge in [-0.25, -0.2) is 4.79 Å². The molecule has 0 aliphatic heterocycles. The molecule has 3 nitrogen and oxygen atoms in total. The summed E-state index contributed by atoms with van der Waals surface area (Å²) >= 11 is 0. The number of hydrogen-bond acceptors (Lipinski definition) is 1. The first kappa shape index (κ1) is 6.39. The molecule has 1 fully saturated rings. The fraction of sp³-hybridized carbons (Fsp3) is 0.833. The van der Waals surface area contributed by atoms with E-state index in [4.69, 9.17) is 5.11 Å². The van der Waals surface area contributed by atoms with Crippen LogP contribution in [-0.4, -0.2) is 17.2 Å². The highest BCUT2D eigenvalue weighted by atomic mass is 16.4. The van der Waals surface area contributed by atoms with Crippen molar-refractivity contribution in [3.8, 4) is 0 Å². The maximum absolute atomic E-state index is 10.00. The standard InChI is InChI=1S/C6H11NO2/c1-4-2-5(3-4)7-6(8)9/h4-5,7H,2-3H2,1H3,(H,8,9). The summed E-state index contributed by atoms with van der Waals surface area (Å²) < 4.78 is 0. The van der Waals surface area contributed by atoms with Gasteiger partial charge in [0.25, 0.3) is 0 Å². The average molecular weight is 129 g/mol. The molecular formula is C6H11NO2. The van der Waals surface area contributed by atoms with Crippen molar-refractivity contribution in [2.24, 2.45) is 5.92 Å². The minimum atomic E-state index is -0.896. The number of amides is 1. The normalized spacial score (nSPS) is 33.0. The van der Waals surface area contributed by atoms with E-state index in [0.29, 0.717) is 5.92 Å². The van der Waals surface area contributed by atoms with Gasteiger partial charge in [0.05, 0.1) is 0 Å². The zero-order valence-corrected chi connectivity index (χ0v) is 5.42. The lowest BCUT2D eigenvalue weighted by molar-refractivity contribution is 0.170. The first-order valence-corrected chi connectivity index (χ1v) is 3.18. The lowest BCUT2D eigenvalue weighted by atomic mass is 9.82. The van der Waals surface area contributed by atoms with E-state index in [1.807, 2.05) is 0 Å². The quantitative estimate of drug-likeness (QED) is 0.556. The van der Waals surface area contributed by atoms with Crippen LogP contribution in [0.3, 0.4) is 0 Å². The fourth-order valence-corrected chi connectivity index (χ4v) is 1.19. The molecule has 0 saturated heterocycles. The third-order valence-electron chi connectivity index (χ3n) is 1.70. The summed E-state index contributed by atoms with van der Waals surface area (Å²) in [5.74, 6) is 0.710. The molecule has 0 aromatic heterocycles. The lowest BCUT2D eigenvalue weighted by Gasteiger charge is -2.31. The summed E-state index contributed by atoms with van der Waals surface area (Å²) in [4.78, 5) is 10.00. The maximum atomic E-state index is 10.00. The van der Waals surface area contributed by atoms with E-state index in [1.165, 1.54) is 0 Å². The minimum Gasteiger partial charge on any atom is -0.465 e. The lowest BCUT2D eigenvalue weighted by Crippen LogP contribution is -2.42. The molecule has 52 valence electrons. The van der Waals surface area contributed by atoms with Crippen molar-refractivity contribution < 1.29 is 9.90 Å². The van der Waals surface area contributed by atoms with Crippen molar-refractivity contribution in [2.45, 2.75) is 25.8 Å². The number of rotatable bonds is 1. The second-order valence-electron chi connectivity index (χ2n) is 2.72. The Morgan fingerprint density at radius 1 is 1.67 bits per heavy atom. The van der Waals surface area contributed by atoms with E-state index >= 15 is 0 Å². The zero-order valence-electron chi connectivity index (χ0n) is 5.42. The largest absolute Gasteiger partial charge is 0.465 e. The molecule has 0 spiro atoms. The van der Waals surface area contributed by atoms with Gasteiger partial charge in [-0.05, 0) is 18.8 Å². The Bertz CT molecular complexity index is 118. The van der Waals surface area contributed by atoms with Crippen LogP contribution in [0.5, 0.6) is 0 Å². The highest BCUT2D eigenvalue weighted by molar-refractivity contribution is 5.64. The van der Waals surface area contributed by atoms with E-state index in [-0.39, 0.29) is 6.04 Å². The summed E-state index contributed by atoms with van der Waals surface area (Å²) in [6, 6.07) is 0.234. The molecule has 1 rings (SSSR count). The van der Waals surface area contributed by atoms with Crippen LogP contribution in [-0.2, 0) is 0 Å². The van der Waals surface area contributed by atoms with Crippen LogP contribution >= 0.6 is 0 Å². The van der Waals surface area contributed by atoms with Gasteiger partial charge in [-0.1, -0.05) is 6.92 Å². The first-order chi connectivity index (χ1) is 4.18. The molecule has 1 saturated carbocycles. The molecule has 2 N–H and O–H groups in total. The van der Waals surface area contributed by atoms with Crippen LogP contribution in [0.1, 0.15) is 19.8 Å². The van der Waals surface area contributed by atoms with E-state index in [9.17, 15) is 4.79 Å². The number of hydrogen-bond donors (Lipinski definition) is 2. The van der Waals surface area contributed by atoms with Crippen molar-refractivity contribution in [1.29, 1.82) is 0 Å². The molecule has 0 radical (unpaired) electrons. The molecule has 9 heavy (non-hydrogen) atoms. The highest BCUT2D eigenvalue weighted by Crippen LogP contribution is 2.25. The molecule has 0 aromatic rings. The van der Waals surface area contributed by atoms with Crippen LogP contribution in [0.25, 0.3) is 0 Å². The van der Waals surface area contributed by atoms with Gasteiger partial charge >= 0.3 is 6.09 Å². The van der Waals surface area contributed by atoms with Crippen LogP contribution in [0.15, 0.2) is 0 Å². The molecule has 3 heteroatoms. The Morgan fingerprint density at radius 3 is 2.56 bits per heavy atom. The molecule has 0 heterocycles. The van der Waals surface area contributed by atoms with Crippen LogP contribution in [0.4, 0.5) is 4.79 Å². The predicted octanol–water partition coefficient (Wildman–Crippen LogP) is 1.05. The maximum Gasteiger partial charge on any atom is 0.404 e. The van der Waals surface area contributed by atoms with E-state index < -0.39 is 6.09 Å². The van der Waals surface area contributed by atoms with Gasteiger partial charge in [-0.2, -0.15) is 0 Å². The first-order valence-electron chi connectivity index (χ1n) is 3.18. The second-order valence-corrected chi connectivity index (χ2v) is 2.72. The number of carbonyl (C=O) groups is 1. The molecular weight excluding hydrogens is 118 g/mol. The zero-order chi connectivity index (χ0) is 6.85. The Kier molecular flexibility index (Phi) is 1.60.